The molecule has 20 heavy (non-hydrogen) atoms. The normalized spacial score (nSPS) is 19.7. The third kappa shape index (κ3) is 5.38. The van der Waals surface area contributed by atoms with Crippen LogP contribution in [0.25, 0.3) is 0 Å². The zero-order valence-corrected chi connectivity index (χ0v) is 13.6. The highest BCUT2D eigenvalue weighted by Gasteiger charge is 2.38. The number of hydrogen-bond donors (Lipinski definition) is 1. The standard InChI is InChI=1S/C15H30N2O3/c1-12(11-19-4)17(3)10-6-9-15(2,14(18)20-5)16-13-7-8-13/h12-13,16H,6-11H2,1-5H3. The Balaban J connectivity index is 2.39. The Morgan fingerprint density at radius 1 is 1.45 bits per heavy atom. The zero-order valence-electron chi connectivity index (χ0n) is 13.6. The Morgan fingerprint density at radius 2 is 2.10 bits per heavy atom. The fourth-order valence-electron chi connectivity index (χ4n) is 2.41. The van der Waals surface area contributed by atoms with Gasteiger partial charge in [0.25, 0.3) is 0 Å². The molecule has 0 aromatic rings. The van der Waals surface area contributed by atoms with Crippen molar-refractivity contribution in [2.24, 2.45) is 0 Å². The van der Waals surface area contributed by atoms with Crippen molar-refractivity contribution in [1.29, 1.82) is 0 Å². The molecular formula is C15H30N2O3. The molecule has 0 spiro atoms. The Morgan fingerprint density at radius 3 is 2.60 bits per heavy atom. The van der Waals surface area contributed by atoms with Crippen LogP contribution < -0.4 is 5.32 Å². The monoisotopic (exact) mass is 286 g/mol. The van der Waals surface area contributed by atoms with Crippen LogP contribution in [0.4, 0.5) is 0 Å². The molecule has 2 unspecified atom stereocenters. The number of carbonyl (C=O) groups excluding carboxylic acids is 1. The van der Waals surface area contributed by atoms with Crippen molar-refractivity contribution in [3.05, 3.63) is 0 Å². The number of hydrogen-bond acceptors (Lipinski definition) is 5. The Bertz CT molecular complexity index is 307. The molecule has 1 fully saturated rings. The number of nitrogens with one attached hydrogen (secondary N) is 1. The van der Waals surface area contributed by atoms with Crippen molar-refractivity contribution >= 4 is 5.97 Å². The van der Waals surface area contributed by atoms with E-state index in [9.17, 15) is 4.79 Å². The minimum atomic E-state index is -0.554. The lowest BCUT2D eigenvalue weighted by atomic mass is 9.95. The van der Waals surface area contributed by atoms with Crippen molar-refractivity contribution in [3.63, 3.8) is 0 Å². The molecule has 0 radical (unpaired) electrons. The van der Waals surface area contributed by atoms with Crippen LogP contribution in [0, 0.1) is 0 Å². The van der Waals surface area contributed by atoms with Gasteiger partial charge in [0.15, 0.2) is 0 Å². The van der Waals surface area contributed by atoms with Crippen molar-refractivity contribution < 1.29 is 14.3 Å². The first kappa shape index (κ1) is 17.4. The van der Waals surface area contributed by atoms with Crippen LogP contribution in [0.5, 0.6) is 0 Å². The minimum Gasteiger partial charge on any atom is -0.468 e. The summed E-state index contributed by atoms with van der Waals surface area (Å²) in [4.78, 5) is 14.3. The molecular weight excluding hydrogens is 256 g/mol. The van der Waals surface area contributed by atoms with E-state index in [1.54, 1.807) is 7.11 Å². The fraction of sp³-hybridized carbons (Fsp3) is 0.933. The summed E-state index contributed by atoms with van der Waals surface area (Å²) >= 11 is 0. The van der Waals surface area contributed by atoms with E-state index in [1.807, 2.05) is 6.92 Å². The summed E-state index contributed by atoms with van der Waals surface area (Å²) in [6.45, 7) is 5.77. The smallest absolute Gasteiger partial charge is 0.325 e. The summed E-state index contributed by atoms with van der Waals surface area (Å²) in [7, 11) is 5.27. The first-order valence-electron chi connectivity index (χ1n) is 7.48. The molecule has 0 aromatic heterocycles. The van der Waals surface area contributed by atoms with E-state index in [-0.39, 0.29) is 5.97 Å². The maximum absolute atomic E-state index is 12.0. The highest BCUT2D eigenvalue weighted by molar-refractivity contribution is 5.80. The van der Waals surface area contributed by atoms with Crippen LogP contribution >= 0.6 is 0 Å². The van der Waals surface area contributed by atoms with E-state index in [1.165, 1.54) is 7.11 Å². The second-order valence-electron chi connectivity index (χ2n) is 6.13. The Hall–Kier alpha value is -0.650. The molecule has 0 saturated heterocycles. The van der Waals surface area contributed by atoms with E-state index in [2.05, 4.69) is 24.2 Å². The van der Waals surface area contributed by atoms with Crippen LogP contribution in [0.2, 0.25) is 0 Å². The maximum Gasteiger partial charge on any atom is 0.325 e. The summed E-state index contributed by atoms with van der Waals surface area (Å²) < 4.78 is 10.1. The average molecular weight is 286 g/mol. The van der Waals surface area contributed by atoms with Gasteiger partial charge in [-0.3, -0.25) is 10.1 Å². The predicted octanol–water partition coefficient (Wildman–Crippen LogP) is 1.42. The molecule has 1 saturated carbocycles. The molecule has 5 heteroatoms. The van der Waals surface area contributed by atoms with Gasteiger partial charge in [-0.05, 0) is 53.1 Å². The third-order valence-corrected chi connectivity index (χ3v) is 4.08. The van der Waals surface area contributed by atoms with Gasteiger partial charge < -0.3 is 14.4 Å². The Kier molecular flexibility index (Phi) is 6.92. The van der Waals surface area contributed by atoms with Crippen molar-refractivity contribution in [2.45, 2.75) is 57.2 Å². The molecule has 1 aliphatic carbocycles. The van der Waals surface area contributed by atoms with Gasteiger partial charge in [0.05, 0.1) is 13.7 Å². The first-order valence-corrected chi connectivity index (χ1v) is 7.48. The number of nitrogens with zero attached hydrogens (tertiary/aromatic N) is 1. The number of carbonyl (C=O) groups is 1. The zero-order chi connectivity index (χ0) is 15.2. The van der Waals surface area contributed by atoms with Crippen molar-refractivity contribution in [2.75, 3.05) is 34.4 Å². The molecule has 1 rings (SSSR count). The quantitative estimate of drug-likeness (QED) is 0.616. The number of likely N-dealkylation sites (N-methyl/N-ethyl adjacent to an activating group) is 1. The van der Waals surface area contributed by atoms with Crippen LogP contribution in [0.3, 0.4) is 0 Å². The highest BCUT2D eigenvalue weighted by atomic mass is 16.5. The summed E-state index contributed by atoms with van der Waals surface area (Å²) in [5.74, 6) is -0.156. The first-order chi connectivity index (χ1) is 9.42. The van der Waals surface area contributed by atoms with Crippen LogP contribution in [-0.4, -0.2) is 62.9 Å². The van der Waals surface area contributed by atoms with E-state index >= 15 is 0 Å². The van der Waals surface area contributed by atoms with Gasteiger partial charge in [0.1, 0.15) is 5.54 Å². The number of ether oxygens (including phenoxy) is 2. The maximum atomic E-state index is 12.0. The SMILES string of the molecule is COCC(C)N(C)CCCC(C)(NC1CC1)C(=O)OC. The molecule has 118 valence electrons. The third-order valence-electron chi connectivity index (χ3n) is 4.08. The van der Waals surface area contributed by atoms with Crippen LogP contribution in [0.15, 0.2) is 0 Å². The van der Waals surface area contributed by atoms with Gasteiger partial charge in [-0.2, -0.15) is 0 Å². The minimum absolute atomic E-state index is 0.156. The largest absolute Gasteiger partial charge is 0.468 e. The lowest BCUT2D eigenvalue weighted by molar-refractivity contribution is -0.148. The summed E-state index contributed by atoms with van der Waals surface area (Å²) in [5.41, 5.74) is -0.554. The molecule has 0 bridgehead atoms. The van der Waals surface area contributed by atoms with Crippen molar-refractivity contribution in [1.82, 2.24) is 10.2 Å². The molecule has 5 nitrogen and oxygen atoms in total. The van der Waals surface area contributed by atoms with E-state index in [4.69, 9.17) is 9.47 Å². The van der Waals surface area contributed by atoms with Gasteiger partial charge in [0.2, 0.25) is 0 Å². The summed E-state index contributed by atoms with van der Waals surface area (Å²) in [6.07, 6.45) is 4.07. The summed E-state index contributed by atoms with van der Waals surface area (Å²) in [6, 6.07) is 0.880. The van der Waals surface area contributed by atoms with E-state index < -0.39 is 5.54 Å². The van der Waals surface area contributed by atoms with Gasteiger partial charge in [-0.25, -0.2) is 0 Å². The van der Waals surface area contributed by atoms with Gasteiger partial charge in [0, 0.05) is 19.2 Å². The van der Waals surface area contributed by atoms with Crippen LogP contribution in [-0.2, 0) is 14.3 Å². The number of esters is 1. The van der Waals surface area contributed by atoms with Gasteiger partial charge in [-0.15, -0.1) is 0 Å². The fourth-order valence-corrected chi connectivity index (χ4v) is 2.41. The Labute approximate surface area is 123 Å². The molecule has 0 aliphatic heterocycles. The molecule has 1 aliphatic rings. The number of methoxy groups -OCH3 is 2. The van der Waals surface area contributed by atoms with Gasteiger partial charge in [-0.1, -0.05) is 0 Å². The molecule has 1 N–H and O–H groups in total. The second kappa shape index (κ2) is 7.96. The topological polar surface area (TPSA) is 50.8 Å². The predicted molar refractivity (Wildman–Crippen MR) is 79.8 cm³/mol. The lowest BCUT2D eigenvalue weighted by Gasteiger charge is -2.30. The van der Waals surface area contributed by atoms with Gasteiger partial charge >= 0.3 is 5.97 Å². The number of rotatable bonds is 10. The van der Waals surface area contributed by atoms with E-state index in [0.717, 1.165) is 38.8 Å². The van der Waals surface area contributed by atoms with Crippen LogP contribution in [0.1, 0.15) is 39.5 Å². The highest BCUT2D eigenvalue weighted by Crippen LogP contribution is 2.25. The van der Waals surface area contributed by atoms with Crippen molar-refractivity contribution in [3.8, 4) is 0 Å². The average Bonchev–Trinajstić information content (AvgIpc) is 3.21. The van der Waals surface area contributed by atoms with E-state index in [0.29, 0.717) is 12.1 Å². The molecule has 0 amide bonds. The molecule has 0 aromatic carbocycles. The molecule has 2 atom stereocenters. The molecule has 0 heterocycles. The second-order valence-corrected chi connectivity index (χ2v) is 6.13. The lowest BCUT2D eigenvalue weighted by Crippen LogP contribution is -2.51. The summed E-state index contributed by atoms with van der Waals surface area (Å²) in [5, 5.41) is 3.43.